The van der Waals surface area contributed by atoms with Gasteiger partial charge < -0.3 is 5.11 Å². The predicted octanol–water partition coefficient (Wildman–Crippen LogP) is 4.32. The Labute approximate surface area is 133 Å². The van der Waals surface area contributed by atoms with Crippen LogP contribution in [0.1, 0.15) is 16.5 Å². The van der Waals surface area contributed by atoms with Gasteiger partial charge in [-0.1, -0.05) is 0 Å². The van der Waals surface area contributed by atoms with Gasteiger partial charge >= 0.3 is 0 Å². The van der Waals surface area contributed by atoms with Crippen LogP contribution in [0.3, 0.4) is 0 Å². The van der Waals surface area contributed by atoms with E-state index in [1.165, 1.54) is 12.1 Å². The Morgan fingerprint density at radius 3 is 2.71 bits per heavy atom. The molecule has 3 nitrogen and oxygen atoms in total. The topological polar surface area (TPSA) is 48.9 Å². The highest BCUT2D eigenvalue weighted by molar-refractivity contribution is 9.10. The number of hydrogen-bond acceptors (Lipinski definition) is 3. The first kappa shape index (κ1) is 14.4. The highest BCUT2D eigenvalue weighted by atomic mass is 79.9. The van der Waals surface area contributed by atoms with E-state index >= 15 is 0 Å². The van der Waals surface area contributed by atoms with Gasteiger partial charge in [0.2, 0.25) is 0 Å². The van der Waals surface area contributed by atoms with Gasteiger partial charge in [0.05, 0.1) is 18.0 Å². The minimum Gasteiger partial charge on any atom is -0.388 e. The average Bonchev–Trinajstić information content (AvgIpc) is 3.09. The van der Waals surface area contributed by atoms with Crippen molar-refractivity contribution in [2.45, 2.75) is 12.5 Å². The van der Waals surface area contributed by atoms with Crippen molar-refractivity contribution in [3.63, 3.8) is 0 Å². The van der Waals surface area contributed by atoms with Crippen molar-refractivity contribution < 1.29 is 9.50 Å². The maximum absolute atomic E-state index is 13.0. The van der Waals surface area contributed by atoms with Crippen LogP contribution in [0.4, 0.5) is 4.39 Å². The molecule has 0 fully saturated rings. The summed E-state index contributed by atoms with van der Waals surface area (Å²) >= 11 is 5.06. The summed E-state index contributed by atoms with van der Waals surface area (Å²) in [6.07, 6.45) is 1.45. The zero-order chi connectivity index (χ0) is 14.8. The van der Waals surface area contributed by atoms with Crippen LogP contribution in [0.5, 0.6) is 0 Å². The fourth-order valence-electron chi connectivity index (χ4n) is 2.15. The van der Waals surface area contributed by atoms with Crippen molar-refractivity contribution >= 4 is 27.3 Å². The second kappa shape index (κ2) is 6.09. The maximum atomic E-state index is 13.0. The molecule has 3 rings (SSSR count). The number of nitrogens with one attached hydrogen (secondary N) is 1. The smallest absolute Gasteiger partial charge is 0.123 e. The van der Waals surface area contributed by atoms with Crippen molar-refractivity contribution in [1.82, 2.24) is 10.2 Å². The molecule has 21 heavy (non-hydrogen) atoms. The molecule has 6 heteroatoms. The van der Waals surface area contributed by atoms with E-state index in [9.17, 15) is 9.50 Å². The van der Waals surface area contributed by atoms with Gasteiger partial charge in [-0.15, -0.1) is 11.3 Å². The number of hydrogen-bond donors (Lipinski definition) is 2. The van der Waals surface area contributed by atoms with E-state index in [1.807, 2.05) is 11.4 Å². The van der Waals surface area contributed by atoms with Crippen LogP contribution in [-0.2, 0) is 6.42 Å². The van der Waals surface area contributed by atoms with Crippen LogP contribution in [0.2, 0.25) is 0 Å². The summed E-state index contributed by atoms with van der Waals surface area (Å²) in [6, 6.07) is 8.08. The highest BCUT2D eigenvalue weighted by Gasteiger charge is 2.18. The van der Waals surface area contributed by atoms with Gasteiger partial charge in [0.1, 0.15) is 5.82 Å². The molecule has 2 N–H and O–H groups in total. The Hall–Kier alpha value is -1.50. The molecule has 1 atom stereocenters. The predicted molar refractivity (Wildman–Crippen MR) is 84.7 cm³/mol. The summed E-state index contributed by atoms with van der Waals surface area (Å²) in [5, 5.41) is 19.3. The van der Waals surface area contributed by atoms with E-state index in [-0.39, 0.29) is 5.82 Å². The van der Waals surface area contributed by atoms with E-state index in [0.29, 0.717) is 12.0 Å². The largest absolute Gasteiger partial charge is 0.388 e. The van der Waals surface area contributed by atoms with Crippen molar-refractivity contribution in [2.24, 2.45) is 0 Å². The second-order valence-corrected chi connectivity index (χ2v) is 6.47. The summed E-state index contributed by atoms with van der Waals surface area (Å²) in [5.41, 5.74) is 2.23. The number of halogens is 2. The Kier molecular flexibility index (Phi) is 4.19. The Balaban J connectivity index is 1.88. The van der Waals surface area contributed by atoms with Crippen LogP contribution in [0.25, 0.3) is 11.3 Å². The third-order valence-electron chi connectivity index (χ3n) is 3.23. The molecule has 0 aliphatic rings. The Morgan fingerprint density at radius 2 is 2.05 bits per heavy atom. The first-order valence-corrected chi connectivity index (χ1v) is 8.01. The SMILES string of the molecule is OC(Cc1sccc1Br)c1cn[nH]c1-c1ccc(F)cc1. The lowest BCUT2D eigenvalue weighted by Gasteiger charge is -2.10. The number of H-pyrrole nitrogens is 1. The number of rotatable bonds is 4. The lowest BCUT2D eigenvalue weighted by molar-refractivity contribution is 0.180. The molecular formula is C15H12BrFN2OS. The number of aromatic nitrogens is 2. The summed E-state index contributed by atoms with van der Waals surface area (Å²) < 4.78 is 14.0. The molecule has 1 unspecified atom stereocenters. The highest BCUT2D eigenvalue weighted by Crippen LogP contribution is 2.32. The minimum absolute atomic E-state index is 0.289. The quantitative estimate of drug-likeness (QED) is 0.722. The lowest BCUT2D eigenvalue weighted by Crippen LogP contribution is -2.01. The second-order valence-electron chi connectivity index (χ2n) is 4.62. The Morgan fingerprint density at radius 1 is 1.29 bits per heavy atom. The van der Waals surface area contributed by atoms with E-state index in [2.05, 4.69) is 26.1 Å². The molecule has 2 heterocycles. The third-order valence-corrected chi connectivity index (χ3v) is 5.18. The number of thiophene rings is 1. The van der Waals surface area contributed by atoms with Gasteiger partial charge in [-0.3, -0.25) is 5.10 Å². The molecule has 0 bridgehead atoms. The van der Waals surface area contributed by atoms with Gasteiger partial charge in [-0.2, -0.15) is 5.10 Å². The number of aromatic amines is 1. The molecule has 0 spiro atoms. The molecule has 0 radical (unpaired) electrons. The van der Waals surface area contributed by atoms with Crippen molar-refractivity contribution in [3.05, 3.63) is 62.6 Å². The van der Waals surface area contributed by atoms with Gasteiger partial charge in [0.25, 0.3) is 0 Å². The van der Waals surface area contributed by atoms with Crippen LogP contribution < -0.4 is 0 Å². The van der Waals surface area contributed by atoms with Gasteiger partial charge in [0, 0.05) is 26.9 Å². The molecular weight excluding hydrogens is 355 g/mol. The summed E-state index contributed by atoms with van der Waals surface area (Å²) in [7, 11) is 0. The standard InChI is InChI=1S/C15H12BrFN2OS/c16-12-5-6-21-14(12)7-13(20)11-8-18-19-15(11)9-1-3-10(17)4-2-9/h1-6,8,13,20H,7H2,(H,18,19). The number of benzene rings is 1. The van der Waals surface area contributed by atoms with E-state index in [1.54, 1.807) is 29.7 Å². The number of aliphatic hydroxyl groups is 1. The molecule has 108 valence electrons. The molecule has 0 aliphatic carbocycles. The summed E-state index contributed by atoms with van der Waals surface area (Å²) in [5.74, 6) is -0.289. The van der Waals surface area contributed by atoms with Gasteiger partial charge in [-0.25, -0.2) is 4.39 Å². The summed E-state index contributed by atoms with van der Waals surface area (Å²) in [6.45, 7) is 0. The van der Waals surface area contributed by atoms with Crippen LogP contribution in [-0.4, -0.2) is 15.3 Å². The number of nitrogens with zero attached hydrogens (tertiary/aromatic N) is 1. The van der Waals surface area contributed by atoms with Gasteiger partial charge in [-0.05, 0) is 51.6 Å². The molecule has 0 amide bonds. The number of aliphatic hydroxyl groups excluding tert-OH is 1. The molecule has 0 saturated carbocycles. The molecule has 1 aromatic carbocycles. The average molecular weight is 367 g/mol. The zero-order valence-electron chi connectivity index (χ0n) is 10.9. The van der Waals surface area contributed by atoms with Crippen LogP contribution in [0, 0.1) is 5.82 Å². The van der Waals surface area contributed by atoms with E-state index in [0.717, 1.165) is 20.6 Å². The lowest BCUT2D eigenvalue weighted by atomic mass is 10.0. The molecule has 2 aromatic heterocycles. The molecule has 3 aromatic rings. The van der Waals surface area contributed by atoms with Crippen molar-refractivity contribution in [3.8, 4) is 11.3 Å². The monoisotopic (exact) mass is 366 g/mol. The summed E-state index contributed by atoms with van der Waals surface area (Å²) in [4.78, 5) is 1.08. The Bertz CT molecular complexity index is 738. The molecule has 0 aliphatic heterocycles. The maximum Gasteiger partial charge on any atom is 0.123 e. The fraction of sp³-hybridized carbons (Fsp3) is 0.133. The minimum atomic E-state index is -0.668. The van der Waals surface area contributed by atoms with Crippen LogP contribution in [0.15, 0.2) is 46.4 Å². The van der Waals surface area contributed by atoms with E-state index < -0.39 is 6.10 Å². The molecule has 0 saturated heterocycles. The normalized spacial score (nSPS) is 12.5. The van der Waals surface area contributed by atoms with Crippen molar-refractivity contribution in [2.75, 3.05) is 0 Å². The van der Waals surface area contributed by atoms with Crippen molar-refractivity contribution in [1.29, 1.82) is 0 Å². The zero-order valence-corrected chi connectivity index (χ0v) is 13.3. The van der Waals surface area contributed by atoms with Crippen LogP contribution >= 0.6 is 27.3 Å². The third kappa shape index (κ3) is 3.07. The van der Waals surface area contributed by atoms with Gasteiger partial charge in [0.15, 0.2) is 0 Å². The fourth-order valence-corrected chi connectivity index (χ4v) is 3.70. The van der Waals surface area contributed by atoms with E-state index in [4.69, 9.17) is 0 Å². The first-order valence-electron chi connectivity index (χ1n) is 6.34. The first-order chi connectivity index (χ1) is 10.1.